The molecule has 0 aliphatic rings. The fourth-order valence-electron chi connectivity index (χ4n) is 2.29. The third-order valence-electron chi connectivity index (χ3n) is 3.61. The molecule has 2 N–H and O–H groups in total. The highest BCUT2D eigenvalue weighted by Crippen LogP contribution is 2.16. The third-order valence-corrected chi connectivity index (χ3v) is 4.55. The van der Waals surface area contributed by atoms with Gasteiger partial charge in [0.15, 0.2) is 0 Å². The molecule has 0 fully saturated rings. The van der Waals surface area contributed by atoms with Gasteiger partial charge in [-0.15, -0.1) is 0 Å². The van der Waals surface area contributed by atoms with Crippen molar-refractivity contribution in [2.75, 3.05) is 13.1 Å². The van der Waals surface area contributed by atoms with E-state index in [1.807, 2.05) is 24.3 Å². The first-order chi connectivity index (χ1) is 11.5. The van der Waals surface area contributed by atoms with Gasteiger partial charge in [0.05, 0.1) is 12.6 Å². The van der Waals surface area contributed by atoms with E-state index in [9.17, 15) is 15.0 Å². The first kappa shape index (κ1) is 19.0. The van der Waals surface area contributed by atoms with Crippen LogP contribution in [-0.4, -0.2) is 39.3 Å². The molecule has 0 aliphatic heterocycles. The lowest BCUT2D eigenvalue weighted by molar-refractivity contribution is 0.0961. The normalized spacial score (nSPS) is 12.0. The summed E-state index contributed by atoms with van der Waals surface area (Å²) in [6.07, 6.45) is 0.971. The minimum Gasteiger partial charge on any atom is -0.465 e. The maximum Gasteiger partial charge on any atom is 0.407 e. The highest BCUT2D eigenvalue weighted by atomic mass is 127. The van der Waals surface area contributed by atoms with Gasteiger partial charge < -0.3 is 15.1 Å². The Hall–Kier alpha value is -1.38. The van der Waals surface area contributed by atoms with Gasteiger partial charge in [0.1, 0.15) is 5.15 Å². The summed E-state index contributed by atoms with van der Waals surface area (Å²) in [5, 5.41) is 19.8. The van der Waals surface area contributed by atoms with Crippen LogP contribution in [0.5, 0.6) is 0 Å². The number of aromatic nitrogens is 1. The van der Waals surface area contributed by atoms with Crippen LogP contribution in [0, 0.1) is 3.57 Å². The van der Waals surface area contributed by atoms with Gasteiger partial charge in [0.25, 0.3) is 0 Å². The summed E-state index contributed by atoms with van der Waals surface area (Å²) in [7, 11) is 0. The van der Waals surface area contributed by atoms with Crippen LogP contribution in [-0.2, 0) is 6.42 Å². The Labute approximate surface area is 159 Å². The van der Waals surface area contributed by atoms with E-state index < -0.39 is 12.2 Å². The molecule has 5 nitrogen and oxygen atoms in total. The van der Waals surface area contributed by atoms with Crippen molar-refractivity contribution in [2.45, 2.75) is 18.9 Å². The molecule has 0 spiro atoms. The van der Waals surface area contributed by atoms with Gasteiger partial charge in [-0.1, -0.05) is 29.8 Å². The van der Waals surface area contributed by atoms with E-state index in [-0.39, 0.29) is 6.54 Å². The zero-order valence-electron chi connectivity index (χ0n) is 12.9. The van der Waals surface area contributed by atoms with Crippen LogP contribution < -0.4 is 0 Å². The quantitative estimate of drug-likeness (QED) is 0.484. The van der Waals surface area contributed by atoms with Crippen molar-refractivity contribution in [1.82, 2.24) is 9.88 Å². The number of hydrogen-bond donors (Lipinski definition) is 2. The molecular weight excluding hydrogens is 443 g/mol. The minimum absolute atomic E-state index is 0.00529. The minimum atomic E-state index is -1.04. The Kier molecular flexibility index (Phi) is 7.26. The van der Waals surface area contributed by atoms with E-state index in [0.717, 1.165) is 6.42 Å². The SMILES string of the molecule is O=C(O)N(CCCc1ccc(I)cc1)C[C@@H](O)c1ccc(Cl)nc1. The molecule has 0 radical (unpaired) electrons. The van der Waals surface area contributed by atoms with E-state index in [4.69, 9.17) is 11.6 Å². The molecule has 1 heterocycles. The summed E-state index contributed by atoms with van der Waals surface area (Å²) in [5.74, 6) is 0. The van der Waals surface area contributed by atoms with E-state index >= 15 is 0 Å². The summed E-state index contributed by atoms with van der Waals surface area (Å²) in [4.78, 5) is 16.5. The maximum atomic E-state index is 11.4. The first-order valence-electron chi connectivity index (χ1n) is 7.47. The molecule has 2 rings (SSSR count). The van der Waals surface area contributed by atoms with Crippen LogP contribution >= 0.6 is 34.2 Å². The number of amides is 1. The zero-order valence-corrected chi connectivity index (χ0v) is 15.8. The van der Waals surface area contributed by atoms with Crippen molar-refractivity contribution in [1.29, 1.82) is 0 Å². The number of halogens is 2. The summed E-state index contributed by atoms with van der Waals surface area (Å²) >= 11 is 7.96. The number of carboxylic acid groups (broad SMARTS) is 1. The van der Waals surface area contributed by atoms with Gasteiger partial charge in [-0.3, -0.25) is 0 Å². The van der Waals surface area contributed by atoms with Crippen LogP contribution in [0.25, 0.3) is 0 Å². The number of rotatable bonds is 7. The number of pyridine rings is 1. The Balaban J connectivity index is 1.88. The van der Waals surface area contributed by atoms with E-state index in [0.29, 0.717) is 23.7 Å². The van der Waals surface area contributed by atoms with Gasteiger partial charge in [-0.2, -0.15) is 0 Å². The van der Waals surface area contributed by atoms with Gasteiger partial charge in [0.2, 0.25) is 0 Å². The van der Waals surface area contributed by atoms with Crippen LogP contribution in [0.4, 0.5) is 4.79 Å². The maximum absolute atomic E-state index is 11.4. The number of aliphatic hydroxyl groups is 1. The highest BCUT2D eigenvalue weighted by molar-refractivity contribution is 14.1. The molecule has 2 aromatic rings. The molecule has 0 saturated carbocycles. The van der Waals surface area contributed by atoms with E-state index in [1.165, 1.54) is 20.2 Å². The topological polar surface area (TPSA) is 73.7 Å². The Morgan fingerprint density at radius 2 is 1.96 bits per heavy atom. The van der Waals surface area contributed by atoms with Crippen molar-refractivity contribution >= 4 is 40.3 Å². The molecule has 0 aliphatic carbocycles. The molecular formula is C17H18ClIN2O3. The van der Waals surface area contributed by atoms with Crippen molar-refractivity contribution < 1.29 is 15.0 Å². The number of hydrogen-bond acceptors (Lipinski definition) is 3. The predicted octanol–water partition coefficient (Wildman–Crippen LogP) is 3.99. The fourth-order valence-corrected chi connectivity index (χ4v) is 2.76. The molecule has 0 unspecified atom stereocenters. The standard InChI is InChI=1S/C17H18ClIN2O3/c18-16-8-5-13(10-20-16)15(22)11-21(17(23)24)9-1-2-12-3-6-14(19)7-4-12/h3-8,10,15,22H,1-2,9,11H2,(H,23,24)/t15-/m1/s1. The second kappa shape index (κ2) is 9.19. The molecule has 128 valence electrons. The number of nitrogens with zero attached hydrogens (tertiary/aromatic N) is 2. The van der Waals surface area contributed by atoms with Crippen LogP contribution in [0.3, 0.4) is 0 Å². The molecule has 1 aromatic carbocycles. The molecule has 0 saturated heterocycles. The molecule has 7 heteroatoms. The zero-order chi connectivity index (χ0) is 17.5. The van der Waals surface area contributed by atoms with Crippen molar-refractivity contribution in [3.05, 3.63) is 62.4 Å². The molecule has 1 amide bonds. The van der Waals surface area contributed by atoms with Crippen molar-refractivity contribution in [2.24, 2.45) is 0 Å². The Bertz CT molecular complexity index is 665. The van der Waals surface area contributed by atoms with E-state index in [2.05, 4.69) is 27.6 Å². The van der Waals surface area contributed by atoms with E-state index in [1.54, 1.807) is 12.1 Å². The number of benzene rings is 1. The van der Waals surface area contributed by atoms with Crippen LogP contribution in [0.15, 0.2) is 42.6 Å². The summed E-state index contributed by atoms with van der Waals surface area (Å²) in [5.41, 5.74) is 1.71. The molecule has 1 atom stereocenters. The van der Waals surface area contributed by atoms with Gasteiger partial charge >= 0.3 is 6.09 Å². The van der Waals surface area contributed by atoms with Crippen molar-refractivity contribution in [3.63, 3.8) is 0 Å². The first-order valence-corrected chi connectivity index (χ1v) is 8.93. The lowest BCUT2D eigenvalue weighted by Crippen LogP contribution is -2.34. The Morgan fingerprint density at radius 3 is 2.54 bits per heavy atom. The smallest absolute Gasteiger partial charge is 0.407 e. The Morgan fingerprint density at radius 1 is 1.25 bits per heavy atom. The average molecular weight is 461 g/mol. The third kappa shape index (κ3) is 5.92. The average Bonchev–Trinajstić information content (AvgIpc) is 2.56. The highest BCUT2D eigenvalue weighted by Gasteiger charge is 2.18. The molecule has 0 bridgehead atoms. The van der Waals surface area contributed by atoms with Gasteiger partial charge in [-0.05, 0) is 59.2 Å². The van der Waals surface area contributed by atoms with Gasteiger partial charge in [0, 0.05) is 21.9 Å². The molecule has 24 heavy (non-hydrogen) atoms. The summed E-state index contributed by atoms with van der Waals surface area (Å²) in [6, 6.07) is 11.4. The predicted molar refractivity (Wildman–Crippen MR) is 101 cm³/mol. The largest absolute Gasteiger partial charge is 0.465 e. The summed E-state index contributed by atoms with van der Waals surface area (Å²) in [6.45, 7) is 0.366. The van der Waals surface area contributed by atoms with Gasteiger partial charge in [-0.25, -0.2) is 9.78 Å². The molecule has 1 aromatic heterocycles. The summed E-state index contributed by atoms with van der Waals surface area (Å²) < 4.78 is 1.17. The van der Waals surface area contributed by atoms with Crippen LogP contribution in [0.1, 0.15) is 23.7 Å². The lowest BCUT2D eigenvalue weighted by Gasteiger charge is -2.22. The number of carbonyl (C=O) groups is 1. The lowest BCUT2D eigenvalue weighted by atomic mass is 10.1. The fraction of sp³-hybridized carbons (Fsp3) is 0.294. The number of aliphatic hydroxyl groups excluding tert-OH is 1. The second-order valence-electron chi connectivity index (χ2n) is 5.39. The van der Waals surface area contributed by atoms with Crippen molar-refractivity contribution in [3.8, 4) is 0 Å². The second-order valence-corrected chi connectivity index (χ2v) is 7.02. The van der Waals surface area contributed by atoms with Crippen LogP contribution in [0.2, 0.25) is 5.15 Å². The number of aryl methyl sites for hydroxylation is 1. The monoisotopic (exact) mass is 460 g/mol.